The highest BCUT2D eigenvalue weighted by Crippen LogP contribution is 2.23. The third-order valence-electron chi connectivity index (χ3n) is 2.24. The lowest BCUT2D eigenvalue weighted by Gasteiger charge is -2.06. The molecule has 0 spiro atoms. The van der Waals surface area contributed by atoms with Crippen LogP contribution in [0.25, 0.3) is 0 Å². The molecular weight excluding hydrogens is 272 g/mol. The van der Waals surface area contributed by atoms with E-state index in [9.17, 15) is 19.7 Å². The molecule has 0 saturated heterocycles. The van der Waals surface area contributed by atoms with Gasteiger partial charge in [-0.15, -0.1) is 10.2 Å². The summed E-state index contributed by atoms with van der Waals surface area (Å²) in [5.41, 5.74) is -0.896. The molecule has 0 radical (unpaired) electrons. The summed E-state index contributed by atoms with van der Waals surface area (Å²) in [4.78, 5) is 32.6. The van der Waals surface area contributed by atoms with Crippen LogP contribution < -0.4 is 5.32 Å². The number of amides is 1. The van der Waals surface area contributed by atoms with Crippen molar-refractivity contribution in [1.82, 2.24) is 20.6 Å². The predicted octanol–water partition coefficient (Wildman–Crippen LogP) is 0.0584. The van der Waals surface area contributed by atoms with Gasteiger partial charge in [0.1, 0.15) is 0 Å². The number of hydrogen-bond donors (Lipinski definition) is 3. The Kier molecular flexibility index (Phi) is 3.33. The summed E-state index contributed by atoms with van der Waals surface area (Å²) >= 11 is 0. The molecule has 11 heteroatoms. The molecule has 0 bridgehead atoms. The number of benzene rings is 1. The third kappa shape index (κ3) is 2.55. The number of hydrogen-bond acceptors (Lipinski definition) is 7. The highest BCUT2D eigenvalue weighted by Gasteiger charge is 2.19. The van der Waals surface area contributed by atoms with E-state index < -0.39 is 16.8 Å². The number of tetrazole rings is 1. The fourth-order valence-electron chi connectivity index (χ4n) is 1.37. The van der Waals surface area contributed by atoms with E-state index in [1.165, 1.54) is 0 Å². The quantitative estimate of drug-likeness (QED) is 0.521. The van der Waals surface area contributed by atoms with Crippen molar-refractivity contribution in [2.24, 2.45) is 0 Å². The molecule has 1 amide bonds. The summed E-state index contributed by atoms with van der Waals surface area (Å²) < 4.78 is 0. The molecule has 20 heavy (non-hydrogen) atoms. The molecule has 2 rings (SSSR count). The van der Waals surface area contributed by atoms with Gasteiger partial charge in [-0.1, -0.05) is 0 Å². The molecule has 0 saturated carbocycles. The van der Waals surface area contributed by atoms with Crippen LogP contribution in [0.4, 0.5) is 11.4 Å². The van der Waals surface area contributed by atoms with Crippen molar-refractivity contribution in [3.8, 4) is 0 Å². The lowest BCUT2D eigenvalue weighted by molar-refractivity contribution is -0.384. The molecule has 0 fully saturated rings. The molecule has 102 valence electrons. The smallest absolute Gasteiger partial charge is 0.337 e. The number of aromatic nitrogens is 4. The number of nitrogens with zero attached hydrogens (tertiary/aromatic N) is 4. The number of carbonyl (C=O) groups is 2. The zero-order valence-corrected chi connectivity index (χ0v) is 9.60. The van der Waals surface area contributed by atoms with Gasteiger partial charge in [-0.25, -0.2) is 4.79 Å². The van der Waals surface area contributed by atoms with Crippen molar-refractivity contribution in [2.45, 2.75) is 0 Å². The molecular formula is C9H6N6O5. The Bertz CT molecular complexity index is 682. The Morgan fingerprint density at radius 3 is 2.70 bits per heavy atom. The number of H-pyrrole nitrogens is 1. The molecule has 3 N–H and O–H groups in total. The number of rotatable bonds is 4. The highest BCUT2D eigenvalue weighted by molar-refractivity contribution is 6.06. The number of aromatic amines is 1. The molecule has 0 unspecified atom stereocenters. The minimum atomic E-state index is -1.34. The van der Waals surface area contributed by atoms with Crippen molar-refractivity contribution in [3.05, 3.63) is 39.7 Å². The number of carboxylic acids is 1. The maximum atomic E-state index is 11.7. The van der Waals surface area contributed by atoms with Crippen molar-refractivity contribution < 1.29 is 19.6 Å². The Morgan fingerprint density at radius 2 is 2.15 bits per heavy atom. The fraction of sp³-hybridized carbons (Fsp3) is 0. The summed E-state index contributed by atoms with van der Waals surface area (Å²) in [7, 11) is 0. The van der Waals surface area contributed by atoms with Crippen LogP contribution in [0.5, 0.6) is 0 Å². The second-order valence-electron chi connectivity index (χ2n) is 3.48. The molecule has 2 aromatic rings. The van der Waals surface area contributed by atoms with Gasteiger partial charge in [0.25, 0.3) is 17.4 Å². The zero-order valence-electron chi connectivity index (χ0n) is 9.60. The molecule has 1 heterocycles. The third-order valence-corrected chi connectivity index (χ3v) is 2.24. The van der Waals surface area contributed by atoms with E-state index in [0.29, 0.717) is 0 Å². The van der Waals surface area contributed by atoms with Crippen molar-refractivity contribution in [1.29, 1.82) is 0 Å². The van der Waals surface area contributed by atoms with E-state index in [4.69, 9.17) is 5.11 Å². The van der Waals surface area contributed by atoms with Gasteiger partial charge in [0.15, 0.2) is 0 Å². The number of anilines is 1. The minimum Gasteiger partial charge on any atom is -0.478 e. The molecule has 0 aliphatic rings. The Morgan fingerprint density at radius 1 is 1.40 bits per heavy atom. The van der Waals surface area contributed by atoms with E-state index in [1.54, 1.807) is 0 Å². The van der Waals surface area contributed by atoms with Gasteiger partial charge in [-0.3, -0.25) is 14.9 Å². The number of non-ortho nitro benzene ring substituents is 1. The van der Waals surface area contributed by atoms with Crippen molar-refractivity contribution in [3.63, 3.8) is 0 Å². The van der Waals surface area contributed by atoms with Gasteiger partial charge in [-0.05, 0) is 11.3 Å². The van der Waals surface area contributed by atoms with Crippen molar-refractivity contribution in [2.75, 3.05) is 5.32 Å². The first-order valence-corrected chi connectivity index (χ1v) is 5.05. The maximum absolute atomic E-state index is 11.7. The van der Waals surface area contributed by atoms with Gasteiger partial charge >= 0.3 is 5.97 Å². The normalized spacial score (nSPS) is 10.0. The van der Waals surface area contributed by atoms with Crippen LogP contribution in [-0.2, 0) is 0 Å². The zero-order chi connectivity index (χ0) is 14.7. The summed E-state index contributed by atoms with van der Waals surface area (Å²) in [6.07, 6.45) is 0. The SMILES string of the molecule is O=C(Nc1cc([N+](=O)[O-])ccc1C(=O)O)c1nn[nH]n1. The summed E-state index contributed by atoms with van der Waals surface area (Å²) in [6, 6.07) is 2.97. The summed E-state index contributed by atoms with van der Waals surface area (Å²) in [5.74, 6) is -2.52. The van der Waals surface area contributed by atoms with Gasteiger partial charge in [-0.2, -0.15) is 5.21 Å². The number of nitro groups is 1. The van der Waals surface area contributed by atoms with E-state index in [0.717, 1.165) is 18.2 Å². The number of carbonyl (C=O) groups excluding carboxylic acids is 1. The first-order valence-electron chi connectivity index (χ1n) is 5.05. The fourth-order valence-corrected chi connectivity index (χ4v) is 1.37. The minimum absolute atomic E-state index is 0.235. The predicted molar refractivity (Wildman–Crippen MR) is 62.2 cm³/mol. The molecule has 1 aromatic carbocycles. The van der Waals surface area contributed by atoms with E-state index in [2.05, 4.69) is 25.9 Å². The summed E-state index contributed by atoms with van der Waals surface area (Å²) in [6.45, 7) is 0. The number of carboxylic acid groups (broad SMARTS) is 1. The van der Waals surface area contributed by atoms with Gasteiger partial charge in [0.05, 0.1) is 16.2 Å². The van der Waals surface area contributed by atoms with Crippen LogP contribution in [0, 0.1) is 10.1 Å². The lowest BCUT2D eigenvalue weighted by Crippen LogP contribution is -2.16. The lowest BCUT2D eigenvalue weighted by atomic mass is 10.1. The first-order chi connectivity index (χ1) is 9.49. The molecule has 1 aromatic heterocycles. The van der Waals surface area contributed by atoms with Crippen LogP contribution in [0.1, 0.15) is 21.0 Å². The number of aromatic carboxylic acids is 1. The van der Waals surface area contributed by atoms with Crippen molar-refractivity contribution >= 4 is 23.3 Å². The Hall–Kier alpha value is -3.37. The van der Waals surface area contributed by atoms with Crippen LogP contribution in [0.15, 0.2) is 18.2 Å². The summed E-state index contributed by atoms with van der Waals surface area (Å²) in [5, 5.41) is 33.8. The van der Waals surface area contributed by atoms with Gasteiger partial charge < -0.3 is 10.4 Å². The topological polar surface area (TPSA) is 164 Å². The van der Waals surface area contributed by atoms with E-state index in [1.807, 2.05) is 0 Å². The molecule has 11 nitrogen and oxygen atoms in total. The number of nitro benzene ring substituents is 1. The first kappa shape index (κ1) is 13.1. The molecule has 0 aliphatic carbocycles. The van der Waals surface area contributed by atoms with Crippen LogP contribution in [0.2, 0.25) is 0 Å². The molecule has 0 atom stereocenters. The highest BCUT2D eigenvalue weighted by atomic mass is 16.6. The Balaban J connectivity index is 2.37. The van der Waals surface area contributed by atoms with Crippen LogP contribution in [-0.4, -0.2) is 42.5 Å². The monoisotopic (exact) mass is 278 g/mol. The van der Waals surface area contributed by atoms with Crippen LogP contribution in [0.3, 0.4) is 0 Å². The average molecular weight is 278 g/mol. The van der Waals surface area contributed by atoms with Gasteiger partial charge in [0.2, 0.25) is 0 Å². The number of nitrogens with one attached hydrogen (secondary N) is 2. The average Bonchev–Trinajstić information content (AvgIpc) is 2.92. The largest absolute Gasteiger partial charge is 0.478 e. The second kappa shape index (κ2) is 5.09. The molecule has 0 aliphatic heterocycles. The second-order valence-corrected chi connectivity index (χ2v) is 3.48. The standard InChI is InChI=1S/C9H6N6O5/c16-8(7-11-13-14-12-7)10-6-3-4(15(19)20)1-2-5(6)9(17)18/h1-3H,(H,10,16)(H,17,18)(H,11,12,13,14). The van der Waals surface area contributed by atoms with E-state index >= 15 is 0 Å². The van der Waals surface area contributed by atoms with E-state index in [-0.39, 0.29) is 22.8 Å². The Labute approximate surface area is 109 Å². The van der Waals surface area contributed by atoms with Crippen LogP contribution >= 0.6 is 0 Å². The van der Waals surface area contributed by atoms with Gasteiger partial charge in [0, 0.05) is 12.1 Å². The maximum Gasteiger partial charge on any atom is 0.337 e.